The van der Waals surface area contributed by atoms with Crippen molar-refractivity contribution in [3.05, 3.63) is 52.3 Å². The Morgan fingerprint density at radius 3 is 2.95 bits per heavy atom. The van der Waals surface area contributed by atoms with Crippen LogP contribution < -0.4 is 15.2 Å². The van der Waals surface area contributed by atoms with Crippen LogP contribution in [0.3, 0.4) is 0 Å². The highest BCUT2D eigenvalue weighted by molar-refractivity contribution is 6.30. The van der Waals surface area contributed by atoms with E-state index in [2.05, 4.69) is 0 Å². The second kappa shape index (κ2) is 5.92. The largest absolute Gasteiger partial charge is 0.489 e. The Morgan fingerprint density at radius 2 is 2.14 bits per heavy atom. The molecule has 3 rings (SSSR count). The standard InChI is InChI=1S/C16H15ClFNO2/c17-12-9-15(11(4-6-19)8-13(12)18)21-14-3-1-2-10-5-7-20-16(10)14/h1-3,8-9H,4-7,19H2. The summed E-state index contributed by atoms with van der Waals surface area (Å²) in [4.78, 5) is 0. The minimum absolute atomic E-state index is 0.0271. The fourth-order valence-electron chi connectivity index (χ4n) is 2.40. The summed E-state index contributed by atoms with van der Waals surface area (Å²) in [6.07, 6.45) is 1.38. The summed E-state index contributed by atoms with van der Waals surface area (Å²) in [7, 11) is 0. The number of hydrogen-bond donors (Lipinski definition) is 1. The van der Waals surface area contributed by atoms with Crippen molar-refractivity contribution in [1.29, 1.82) is 0 Å². The minimum atomic E-state index is -0.470. The highest BCUT2D eigenvalue weighted by Crippen LogP contribution is 2.39. The van der Waals surface area contributed by atoms with Crippen molar-refractivity contribution in [2.75, 3.05) is 13.2 Å². The molecule has 2 aromatic rings. The molecular weight excluding hydrogens is 293 g/mol. The Balaban J connectivity index is 1.98. The lowest BCUT2D eigenvalue weighted by Gasteiger charge is -2.14. The first-order valence-corrected chi connectivity index (χ1v) is 7.17. The molecule has 110 valence electrons. The monoisotopic (exact) mass is 307 g/mol. The van der Waals surface area contributed by atoms with Crippen LogP contribution in [0.2, 0.25) is 5.02 Å². The Kier molecular flexibility index (Phi) is 3.99. The van der Waals surface area contributed by atoms with Gasteiger partial charge in [0.2, 0.25) is 0 Å². The van der Waals surface area contributed by atoms with Gasteiger partial charge in [0, 0.05) is 18.1 Å². The SMILES string of the molecule is NCCc1cc(F)c(Cl)cc1Oc1cccc2c1OCC2. The number of nitrogens with two attached hydrogens (primary N) is 1. The maximum absolute atomic E-state index is 13.6. The molecule has 0 saturated carbocycles. The predicted octanol–water partition coefficient (Wildman–Crippen LogP) is 3.71. The zero-order valence-electron chi connectivity index (χ0n) is 11.4. The molecule has 0 amide bonds. The number of hydrogen-bond acceptors (Lipinski definition) is 3. The second-order valence-corrected chi connectivity index (χ2v) is 5.26. The molecule has 0 aromatic heterocycles. The van der Waals surface area contributed by atoms with Crippen molar-refractivity contribution in [3.63, 3.8) is 0 Å². The van der Waals surface area contributed by atoms with Crippen LogP contribution in [0.4, 0.5) is 4.39 Å². The van der Waals surface area contributed by atoms with Crippen molar-refractivity contribution in [2.45, 2.75) is 12.8 Å². The highest BCUT2D eigenvalue weighted by atomic mass is 35.5. The lowest BCUT2D eigenvalue weighted by Crippen LogP contribution is -2.05. The van der Waals surface area contributed by atoms with Gasteiger partial charge in [-0.2, -0.15) is 0 Å². The third kappa shape index (κ3) is 2.82. The summed E-state index contributed by atoms with van der Waals surface area (Å²) in [6, 6.07) is 8.60. The molecule has 3 nitrogen and oxygen atoms in total. The molecule has 1 heterocycles. The van der Waals surface area contributed by atoms with E-state index in [1.54, 1.807) is 0 Å². The minimum Gasteiger partial charge on any atom is -0.489 e. The van der Waals surface area contributed by atoms with Crippen LogP contribution >= 0.6 is 11.6 Å². The van der Waals surface area contributed by atoms with Crippen molar-refractivity contribution >= 4 is 11.6 Å². The van der Waals surface area contributed by atoms with E-state index >= 15 is 0 Å². The molecule has 0 fully saturated rings. The summed E-state index contributed by atoms with van der Waals surface area (Å²) >= 11 is 5.85. The molecular formula is C16H15ClFNO2. The van der Waals surface area contributed by atoms with Crippen molar-refractivity contribution in [3.8, 4) is 17.2 Å². The number of rotatable bonds is 4. The summed E-state index contributed by atoms with van der Waals surface area (Å²) in [5.74, 6) is 1.40. The fraction of sp³-hybridized carbons (Fsp3) is 0.250. The van der Waals surface area contributed by atoms with Gasteiger partial charge in [-0.1, -0.05) is 23.7 Å². The number of benzene rings is 2. The molecule has 1 aliphatic heterocycles. The normalized spacial score (nSPS) is 12.9. The molecule has 0 radical (unpaired) electrons. The Labute approximate surface area is 127 Å². The van der Waals surface area contributed by atoms with Gasteiger partial charge in [-0.05, 0) is 30.7 Å². The first-order chi connectivity index (χ1) is 10.2. The first-order valence-electron chi connectivity index (χ1n) is 6.79. The van der Waals surface area contributed by atoms with Crippen molar-refractivity contribution in [1.82, 2.24) is 0 Å². The Hall–Kier alpha value is -1.78. The van der Waals surface area contributed by atoms with Crippen LogP contribution in [0.25, 0.3) is 0 Å². The molecule has 1 aliphatic rings. The molecule has 2 N–H and O–H groups in total. The topological polar surface area (TPSA) is 44.5 Å². The number of ether oxygens (including phenoxy) is 2. The zero-order chi connectivity index (χ0) is 14.8. The second-order valence-electron chi connectivity index (χ2n) is 4.86. The summed E-state index contributed by atoms with van der Waals surface area (Å²) in [5, 5.41) is 0.0271. The summed E-state index contributed by atoms with van der Waals surface area (Å²) in [6.45, 7) is 1.05. The van der Waals surface area contributed by atoms with Gasteiger partial charge in [0.25, 0.3) is 0 Å². The fourth-order valence-corrected chi connectivity index (χ4v) is 2.55. The number of halogens is 2. The van der Waals surface area contributed by atoms with E-state index in [4.69, 9.17) is 26.8 Å². The third-order valence-corrected chi connectivity index (χ3v) is 3.70. The lowest BCUT2D eigenvalue weighted by atomic mass is 10.1. The Morgan fingerprint density at radius 1 is 1.29 bits per heavy atom. The van der Waals surface area contributed by atoms with Crippen LogP contribution in [-0.2, 0) is 12.8 Å². The average Bonchev–Trinajstić information content (AvgIpc) is 2.94. The number of fused-ring (bicyclic) bond motifs is 1. The number of para-hydroxylation sites is 1. The summed E-state index contributed by atoms with van der Waals surface area (Å²) < 4.78 is 25.1. The maximum Gasteiger partial charge on any atom is 0.169 e. The van der Waals surface area contributed by atoms with E-state index in [0.29, 0.717) is 36.6 Å². The van der Waals surface area contributed by atoms with Gasteiger partial charge in [0.1, 0.15) is 11.6 Å². The van der Waals surface area contributed by atoms with Crippen LogP contribution in [0.15, 0.2) is 30.3 Å². The van der Waals surface area contributed by atoms with Gasteiger partial charge < -0.3 is 15.2 Å². The van der Waals surface area contributed by atoms with Crippen LogP contribution in [0, 0.1) is 5.82 Å². The molecule has 0 atom stereocenters. The van der Waals surface area contributed by atoms with Crippen LogP contribution in [0.1, 0.15) is 11.1 Å². The van der Waals surface area contributed by atoms with E-state index < -0.39 is 5.82 Å². The molecule has 21 heavy (non-hydrogen) atoms. The highest BCUT2D eigenvalue weighted by Gasteiger charge is 2.19. The van der Waals surface area contributed by atoms with Crippen LogP contribution in [-0.4, -0.2) is 13.2 Å². The van der Waals surface area contributed by atoms with E-state index in [1.807, 2.05) is 18.2 Å². The van der Waals surface area contributed by atoms with E-state index in [9.17, 15) is 4.39 Å². The smallest absolute Gasteiger partial charge is 0.169 e. The molecule has 2 aromatic carbocycles. The van der Waals surface area contributed by atoms with Gasteiger partial charge in [-0.25, -0.2) is 4.39 Å². The van der Waals surface area contributed by atoms with Crippen LogP contribution in [0.5, 0.6) is 17.2 Å². The molecule has 0 unspecified atom stereocenters. The first kappa shape index (κ1) is 14.2. The molecule has 0 spiro atoms. The van der Waals surface area contributed by atoms with Gasteiger partial charge in [0.05, 0.1) is 11.6 Å². The maximum atomic E-state index is 13.6. The van der Waals surface area contributed by atoms with Gasteiger partial charge in [-0.3, -0.25) is 0 Å². The van der Waals surface area contributed by atoms with Crippen molar-refractivity contribution in [2.24, 2.45) is 5.73 Å². The van der Waals surface area contributed by atoms with E-state index in [-0.39, 0.29) is 5.02 Å². The zero-order valence-corrected chi connectivity index (χ0v) is 12.1. The molecule has 0 saturated heterocycles. The quantitative estimate of drug-likeness (QED) is 0.936. The van der Waals surface area contributed by atoms with E-state index in [0.717, 1.165) is 17.7 Å². The Bertz CT molecular complexity index is 676. The third-order valence-electron chi connectivity index (χ3n) is 3.42. The molecule has 0 bridgehead atoms. The lowest BCUT2D eigenvalue weighted by molar-refractivity contribution is 0.337. The molecule has 0 aliphatic carbocycles. The molecule has 5 heteroatoms. The van der Waals surface area contributed by atoms with Gasteiger partial charge in [-0.15, -0.1) is 0 Å². The predicted molar refractivity (Wildman–Crippen MR) is 79.9 cm³/mol. The average molecular weight is 308 g/mol. The van der Waals surface area contributed by atoms with Gasteiger partial charge in [0.15, 0.2) is 11.5 Å². The van der Waals surface area contributed by atoms with Gasteiger partial charge >= 0.3 is 0 Å². The van der Waals surface area contributed by atoms with Crippen molar-refractivity contribution < 1.29 is 13.9 Å². The van der Waals surface area contributed by atoms with E-state index in [1.165, 1.54) is 12.1 Å². The summed E-state index contributed by atoms with van der Waals surface area (Å²) in [5.41, 5.74) is 7.37.